The average Bonchev–Trinajstić information content (AvgIpc) is 2.60. The van der Waals surface area contributed by atoms with Crippen molar-refractivity contribution in [3.63, 3.8) is 0 Å². The molecule has 0 aliphatic heterocycles. The third-order valence-corrected chi connectivity index (χ3v) is 4.77. The minimum Gasteiger partial charge on any atom is -0.507 e. The van der Waals surface area contributed by atoms with Gasteiger partial charge in [0, 0.05) is 11.1 Å². The minimum absolute atomic E-state index is 0.225. The number of halogens is 3. The first kappa shape index (κ1) is 24.4. The van der Waals surface area contributed by atoms with Crippen LogP contribution in [0.1, 0.15) is 69.4 Å². The zero-order valence-electron chi connectivity index (χ0n) is 18.7. The van der Waals surface area contributed by atoms with E-state index in [0.29, 0.717) is 5.56 Å². The first-order valence-electron chi connectivity index (χ1n) is 9.95. The molecule has 7 heteroatoms. The minimum atomic E-state index is -4.46. The summed E-state index contributed by atoms with van der Waals surface area (Å²) in [5, 5.41) is 14.7. The maximum atomic E-state index is 12.8. The summed E-state index contributed by atoms with van der Waals surface area (Å²) in [5.41, 5.74) is 3.42. The Morgan fingerprint density at radius 2 is 1.55 bits per heavy atom. The molecule has 2 aromatic rings. The number of carbonyl (C=O) groups excluding carboxylic acids is 1. The molecule has 31 heavy (non-hydrogen) atoms. The second-order valence-electron chi connectivity index (χ2n) is 9.63. The van der Waals surface area contributed by atoms with Gasteiger partial charge in [0.15, 0.2) is 0 Å². The van der Waals surface area contributed by atoms with Crippen LogP contribution in [0.3, 0.4) is 0 Å². The normalized spacial score (nSPS) is 12.9. The van der Waals surface area contributed by atoms with Crippen LogP contribution < -0.4 is 5.43 Å². The lowest BCUT2D eigenvalue weighted by Gasteiger charge is -2.27. The number of nitrogens with zero attached hydrogens (tertiary/aromatic N) is 1. The van der Waals surface area contributed by atoms with Crippen LogP contribution in [0, 0.1) is 0 Å². The summed E-state index contributed by atoms with van der Waals surface area (Å²) in [5.74, 6) is -0.285. The Labute approximate surface area is 181 Å². The number of alkyl halides is 3. The number of amides is 1. The van der Waals surface area contributed by atoms with E-state index in [1.54, 1.807) is 0 Å². The Morgan fingerprint density at radius 3 is 2.03 bits per heavy atom. The third kappa shape index (κ3) is 6.57. The van der Waals surface area contributed by atoms with E-state index >= 15 is 0 Å². The van der Waals surface area contributed by atoms with Crippen LogP contribution in [0.5, 0.6) is 5.75 Å². The predicted molar refractivity (Wildman–Crippen MR) is 116 cm³/mol. The van der Waals surface area contributed by atoms with Gasteiger partial charge in [-0.2, -0.15) is 18.3 Å². The molecule has 0 bridgehead atoms. The Kier molecular flexibility index (Phi) is 6.88. The lowest BCUT2D eigenvalue weighted by molar-refractivity contribution is -0.137. The monoisotopic (exact) mass is 434 g/mol. The number of phenols is 1. The smallest absolute Gasteiger partial charge is 0.416 e. The van der Waals surface area contributed by atoms with E-state index in [1.807, 2.05) is 53.7 Å². The van der Waals surface area contributed by atoms with Crippen molar-refractivity contribution in [2.75, 3.05) is 0 Å². The number of nitrogens with one attached hydrogen (secondary N) is 1. The van der Waals surface area contributed by atoms with Gasteiger partial charge in [-0.15, -0.1) is 0 Å². The number of carbonyl (C=O) groups is 1. The molecule has 0 atom stereocenters. The van der Waals surface area contributed by atoms with Gasteiger partial charge in [0.1, 0.15) is 5.75 Å². The highest BCUT2D eigenvalue weighted by molar-refractivity contribution is 5.84. The Hall–Kier alpha value is -2.83. The van der Waals surface area contributed by atoms with Gasteiger partial charge in [-0.05, 0) is 40.2 Å². The van der Waals surface area contributed by atoms with E-state index in [0.717, 1.165) is 23.3 Å². The molecule has 0 aromatic heterocycles. The maximum Gasteiger partial charge on any atom is 0.416 e. The molecule has 0 saturated heterocycles. The van der Waals surface area contributed by atoms with Crippen molar-refractivity contribution in [1.29, 1.82) is 0 Å². The van der Waals surface area contributed by atoms with E-state index in [4.69, 9.17) is 0 Å². The standard InChI is InChI=1S/C24H29F3N2O2/c1-22(2,3)18-11-16(12-19(21(18)31)23(4,5)6)14-28-29-20(30)13-15-8-7-9-17(10-15)24(25,26)27/h7-12,14,31H,13H2,1-6H3,(H,29,30)/b28-14+. The Morgan fingerprint density at radius 1 is 1.00 bits per heavy atom. The molecule has 0 aliphatic rings. The fourth-order valence-electron chi connectivity index (χ4n) is 3.14. The van der Waals surface area contributed by atoms with Gasteiger partial charge in [-0.25, -0.2) is 5.43 Å². The van der Waals surface area contributed by atoms with Crippen LogP contribution >= 0.6 is 0 Å². The van der Waals surface area contributed by atoms with Crippen molar-refractivity contribution in [1.82, 2.24) is 5.43 Å². The summed E-state index contributed by atoms with van der Waals surface area (Å²) >= 11 is 0. The third-order valence-electron chi connectivity index (χ3n) is 4.77. The van der Waals surface area contributed by atoms with Gasteiger partial charge < -0.3 is 5.11 Å². The van der Waals surface area contributed by atoms with E-state index in [2.05, 4.69) is 10.5 Å². The largest absolute Gasteiger partial charge is 0.507 e. The first-order chi connectivity index (χ1) is 14.1. The van der Waals surface area contributed by atoms with Crippen molar-refractivity contribution >= 4 is 12.1 Å². The molecule has 4 nitrogen and oxygen atoms in total. The van der Waals surface area contributed by atoms with Gasteiger partial charge in [-0.1, -0.05) is 59.7 Å². The van der Waals surface area contributed by atoms with E-state index in [-0.39, 0.29) is 28.6 Å². The molecule has 2 rings (SSSR count). The highest BCUT2D eigenvalue weighted by atomic mass is 19.4. The quantitative estimate of drug-likeness (QED) is 0.479. The molecule has 0 unspecified atom stereocenters. The average molecular weight is 435 g/mol. The second kappa shape index (κ2) is 8.73. The fraction of sp³-hybridized carbons (Fsp3) is 0.417. The first-order valence-corrected chi connectivity index (χ1v) is 9.95. The SMILES string of the molecule is CC(C)(C)c1cc(/C=N/NC(=O)Cc2cccc(C(F)(F)F)c2)cc(C(C)(C)C)c1O. The number of hydrogen-bond donors (Lipinski definition) is 2. The van der Waals surface area contributed by atoms with Gasteiger partial charge in [-0.3, -0.25) is 4.79 Å². The molecule has 168 valence electrons. The molecule has 0 aliphatic carbocycles. The molecule has 0 fully saturated rings. The van der Waals surface area contributed by atoms with Crippen LogP contribution in [0.25, 0.3) is 0 Å². The van der Waals surface area contributed by atoms with E-state index < -0.39 is 17.6 Å². The predicted octanol–water partition coefficient (Wildman–Crippen LogP) is 5.70. The number of rotatable bonds is 4. The number of benzene rings is 2. The Bertz CT molecular complexity index is 947. The van der Waals surface area contributed by atoms with Crippen molar-refractivity contribution < 1.29 is 23.1 Å². The van der Waals surface area contributed by atoms with Gasteiger partial charge in [0.2, 0.25) is 5.91 Å². The number of hydrogen-bond acceptors (Lipinski definition) is 3. The molecule has 0 heterocycles. The van der Waals surface area contributed by atoms with Gasteiger partial charge >= 0.3 is 6.18 Å². The molecule has 0 saturated carbocycles. The molecule has 1 amide bonds. The summed E-state index contributed by atoms with van der Waals surface area (Å²) in [7, 11) is 0. The summed E-state index contributed by atoms with van der Waals surface area (Å²) in [4.78, 5) is 12.1. The van der Waals surface area contributed by atoms with Crippen LogP contribution in [0.15, 0.2) is 41.5 Å². The molecule has 0 radical (unpaired) electrons. The second-order valence-corrected chi connectivity index (χ2v) is 9.63. The highest BCUT2D eigenvalue weighted by Crippen LogP contribution is 2.39. The molecular formula is C24H29F3N2O2. The molecule has 2 N–H and O–H groups in total. The van der Waals surface area contributed by atoms with E-state index in [1.165, 1.54) is 18.3 Å². The van der Waals surface area contributed by atoms with E-state index in [9.17, 15) is 23.1 Å². The summed E-state index contributed by atoms with van der Waals surface area (Å²) in [6, 6.07) is 8.27. The van der Waals surface area contributed by atoms with Crippen LogP contribution in [-0.2, 0) is 28.2 Å². The fourth-order valence-corrected chi connectivity index (χ4v) is 3.14. The maximum absolute atomic E-state index is 12.8. The lowest BCUT2D eigenvalue weighted by Crippen LogP contribution is -2.20. The highest BCUT2D eigenvalue weighted by Gasteiger charge is 2.30. The Balaban J connectivity index is 2.20. The molecule has 0 spiro atoms. The summed E-state index contributed by atoms with van der Waals surface area (Å²) < 4.78 is 38.4. The molecular weight excluding hydrogens is 405 g/mol. The van der Waals surface area contributed by atoms with Gasteiger partial charge in [0.05, 0.1) is 18.2 Å². The van der Waals surface area contributed by atoms with Crippen molar-refractivity contribution in [2.45, 2.75) is 65.0 Å². The topological polar surface area (TPSA) is 61.7 Å². The lowest BCUT2D eigenvalue weighted by atomic mass is 9.78. The van der Waals surface area contributed by atoms with Crippen LogP contribution in [0.2, 0.25) is 0 Å². The number of hydrazone groups is 1. The van der Waals surface area contributed by atoms with Crippen LogP contribution in [0.4, 0.5) is 13.2 Å². The number of aromatic hydroxyl groups is 1. The van der Waals surface area contributed by atoms with Gasteiger partial charge in [0.25, 0.3) is 0 Å². The van der Waals surface area contributed by atoms with Crippen molar-refractivity contribution in [3.8, 4) is 5.75 Å². The number of phenolic OH excluding ortho intramolecular Hbond substituents is 1. The zero-order chi connectivity index (χ0) is 23.6. The van der Waals surface area contributed by atoms with Crippen molar-refractivity contribution in [3.05, 3.63) is 64.2 Å². The summed E-state index contributed by atoms with van der Waals surface area (Å²) in [6.07, 6.45) is -3.22. The van der Waals surface area contributed by atoms with Crippen molar-refractivity contribution in [2.24, 2.45) is 5.10 Å². The van der Waals surface area contributed by atoms with Crippen LogP contribution in [-0.4, -0.2) is 17.2 Å². The molecule has 2 aromatic carbocycles. The summed E-state index contributed by atoms with van der Waals surface area (Å²) in [6.45, 7) is 12.0. The zero-order valence-corrected chi connectivity index (χ0v) is 18.7.